The Balaban J connectivity index is 1.57. The molecule has 0 aromatic heterocycles. The Labute approximate surface area is 268 Å². The molecule has 0 saturated carbocycles. The number of benzene rings is 3. The summed E-state index contributed by atoms with van der Waals surface area (Å²) >= 11 is 5.92. The summed E-state index contributed by atoms with van der Waals surface area (Å²) in [6.07, 6.45) is 2.79. The van der Waals surface area contributed by atoms with E-state index in [1.807, 2.05) is 11.9 Å². The molecular weight excluding hydrogens is 619 g/mol. The number of carbonyl (C=O) groups excluding carboxylic acids is 3. The van der Waals surface area contributed by atoms with Crippen molar-refractivity contribution in [1.82, 2.24) is 10.2 Å². The minimum atomic E-state index is -1.14. The fourth-order valence-corrected chi connectivity index (χ4v) is 4.86. The second kappa shape index (κ2) is 15.0. The van der Waals surface area contributed by atoms with Crippen LogP contribution in [-0.4, -0.2) is 72.8 Å². The number of anilines is 3. The Morgan fingerprint density at radius 2 is 1.80 bits per heavy atom. The smallest absolute Gasteiger partial charge is 0.335 e. The summed E-state index contributed by atoms with van der Waals surface area (Å²) in [4.78, 5) is 53.8. The van der Waals surface area contributed by atoms with Crippen LogP contribution >= 0.6 is 11.6 Å². The van der Waals surface area contributed by atoms with E-state index in [1.54, 1.807) is 29.2 Å². The lowest BCUT2D eigenvalue weighted by atomic mass is 10.0. The van der Waals surface area contributed by atoms with Crippen LogP contribution < -0.4 is 20.5 Å². The number of amides is 3. The number of carboxylic acid groups (broad SMARTS) is 1. The van der Waals surface area contributed by atoms with Gasteiger partial charge in [-0.25, -0.2) is 14.2 Å². The highest BCUT2D eigenvalue weighted by molar-refractivity contribution is 6.31. The number of halogens is 2. The number of nitrogens with zero attached hydrogens (tertiary/aromatic N) is 4. The van der Waals surface area contributed by atoms with Crippen LogP contribution in [-0.2, 0) is 20.8 Å². The van der Waals surface area contributed by atoms with Crippen LogP contribution in [0.25, 0.3) is 6.08 Å². The van der Waals surface area contributed by atoms with E-state index in [1.165, 1.54) is 36.4 Å². The summed E-state index contributed by atoms with van der Waals surface area (Å²) in [7, 11) is 1.87. The number of hydrogen-bond donors (Lipinski definition) is 5. The number of nitrogens with one attached hydrogen (secondary N) is 4. The molecule has 0 bridgehead atoms. The molecule has 1 fully saturated rings. The summed E-state index contributed by atoms with van der Waals surface area (Å²) in [6, 6.07) is 13.9. The van der Waals surface area contributed by atoms with Crippen molar-refractivity contribution in [2.45, 2.75) is 12.5 Å². The number of carboxylic acids is 1. The molecule has 0 radical (unpaired) electrons. The Morgan fingerprint density at radius 3 is 2.41 bits per heavy atom. The number of hydrogen-bond acceptors (Lipinski definition) is 8. The zero-order valence-corrected chi connectivity index (χ0v) is 25.3. The molecule has 3 aromatic carbocycles. The summed E-state index contributed by atoms with van der Waals surface area (Å²) in [6.45, 7) is 1.56. The van der Waals surface area contributed by atoms with Gasteiger partial charge in [0.25, 0.3) is 0 Å². The zero-order chi connectivity index (χ0) is 33.4. The molecule has 0 aliphatic carbocycles. The van der Waals surface area contributed by atoms with Crippen molar-refractivity contribution in [3.63, 3.8) is 0 Å². The van der Waals surface area contributed by atoms with E-state index in [2.05, 4.69) is 15.9 Å². The standard InChI is InChI=1S/C31H30ClFN8O5/c1-39-14-15-40(28(43)17-39)22-8-2-19(3-9-22)16-25(30(44)36-21-6-4-20(5-7-21)31(45)46)37-27(42)13-10-23-26(41(18-34)38-35)12-11-24(32)29(23)33/h2-13,18,25,34-35H,14-17H2,1H3,(H,36,44)(H,37,42)(H,45,46)/b13-10+,34-18?,38-35?. The van der Waals surface area contributed by atoms with Crippen LogP contribution in [0.5, 0.6) is 0 Å². The van der Waals surface area contributed by atoms with Gasteiger partial charge in [0.1, 0.15) is 12.4 Å². The maximum absolute atomic E-state index is 14.9. The van der Waals surface area contributed by atoms with Crippen LogP contribution in [0, 0.1) is 16.8 Å². The normalized spacial score (nSPS) is 14.1. The fraction of sp³-hybridized carbons (Fsp3) is 0.194. The quantitative estimate of drug-likeness (QED) is 0.0641. The molecule has 4 rings (SSSR count). The third-order valence-electron chi connectivity index (χ3n) is 7.12. The number of aromatic carboxylic acids is 1. The Hall–Kier alpha value is -5.47. The third kappa shape index (κ3) is 8.16. The van der Waals surface area contributed by atoms with E-state index in [0.29, 0.717) is 36.4 Å². The minimum Gasteiger partial charge on any atom is -0.478 e. The summed E-state index contributed by atoms with van der Waals surface area (Å²) in [5, 5.41) is 25.5. The highest BCUT2D eigenvalue weighted by atomic mass is 35.5. The highest BCUT2D eigenvalue weighted by Crippen LogP contribution is 2.29. The van der Waals surface area contributed by atoms with E-state index >= 15 is 0 Å². The second-order valence-electron chi connectivity index (χ2n) is 10.3. The van der Waals surface area contributed by atoms with Gasteiger partial charge in [0.15, 0.2) is 5.82 Å². The molecular formula is C31H30ClFN8O5. The van der Waals surface area contributed by atoms with Crippen molar-refractivity contribution in [1.29, 1.82) is 10.9 Å². The predicted molar refractivity (Wildman–Crippen MR) is 171 cm³/mol. The molecule has 15 heteroatoms. The van der Waals surface area contributed by atoms with Crippen LogP contribution in [0.4, 0.5) is 21.5 Å². The van der Waals surface area contributed by atoms with Crippen molar-refractivity contribution in [3.05, 3.63) is 94.3 Å². The first kappa shape index (κ1) is 33.4. The fourth-order valence-electron chi connectivity index (χ4n) is 4.69. The van der Waals surface area contributed by atoms with E-state index in [-0.39, 0.29) is 34.2 Å². The number of carbonyl (C=O) groups is 4. The number of rotatable bonds is 12. The first-order valence-electron chi connectivity index (χ1n) is 13.9. The lowest BCUT2D eigenvalue weighted by Gasteiger charge is -2.32. The Bertz CT molecular complexity index is 1680. The molecule has 238 valence electrons. The first-order chi connectivity index (χ1) is 22.0. The van der Waals surface area contributed by atoms with E-state index in [4.69, 9.17) is 27.6 Å². The molecule has 0 spiro atoms. The van der Waals surface area contributed by atoms with Gasteiger partial charge < -0.3 is 20.6 Å². The van der Waals surface area contributed by atoms with Gasteiger partial charge in [0, 0.05) is 42.5 Å². The van der Waals surface area contributed by atoms with E-state index in [0.717, 1.165) is 23.7 Å². The van der Waals surface area contributed by atoms with E-state index < -0.39 is 29.6 Å². The number of likely N-dealkylation sites (N-methyl/N-ethyl adjacent to an activating group) is 1. The van der Waals surface area contributed by atoms with Crippen LogP contribution in [0.15, 0.2) is 72.0 Å². The molecule has 13 nitrogen and oxygen atoms in total. The summed E-state index contributed by atoms with van der Waals surface area (Å²) in [5.41, 5.74) is 8.70. The third-order valence-corrected chi connectivity index (χ3v) is 7.41. The van der Waals surface area contributed by atoms with Crippen LogP contribution in [0.1, 0.15) is 21.5 Å². The lowest BCUT2D eigenvalue weighted by molar-refractivity contribution is -0.123. The van der Waals surface area contributed by atoms with Gasteiger partial charge in [0.05, 0.1) is 22.8 Å². The predicted octanol–water partition coefficient (Wildman–Crippen LogP) is 4.19. The minimum absolute atomic E-state index is 0.0195. The summed E-state index contributed by atoms with van der Waals surface area (Å²) in [5.74, 6) is -3.45. The molecule has 1 heterocycles. The lowest BCUT2D eigenvalue weighted by Crippen LogP contribution is -2.48. The molecule has 3 amide bonds. The van der Waals surface area contributed by atoms with Crippen molar-refractivity contribution in [2.24, 2.45) is 5.22 Å². The van der Waals surface area contributed by atoms with Gasteiger partial charge in [-0.3, -0.25) is 24.7 Å². The van der Waals surface area contributed by atoms with Gasteiger partial charge in [-0.2, -0.15) is 5.53 Å². The molecule has 46 heavy (non-hydrogen) atoms. The van der Waals surface area contributed by atoms with Crippen molar-refractivity contribution in [3.8, 4) is 0 Å². The zero-order valence-electron chi connectivity index (χ0n) is 24.5. The summed E-state index contributed by atoms with van der Waals surface area (Å²) < 4.78 is 14.9. The van der Waals surface area contributed by atoms with Crippen LogP contribution in [0.2, 0.25) is 5.02 Å². The average molecular weight is 649 g/mol. The molecule has 1 atom stereocenters. The maximum Gasteiger partial charge on any atom is 0.335 e. The Morgan fingerprint density at radius 1 is 1.11 bits per heavy atom. The van der Waals surface area contributed by atoms with Gasteiger partial charge in [-0.1, -0.05) is 29.0 Å². The molecule has 1 aliphatic heterocycles. The van der Waals surface area contributed by atoms with Gasteiger partial charge >= 0.3 is 5.97 Å². The topological polar surface area (TPSA) is 182 Å². The Kier molecular flexibility index (Phi) is 10.9. The largest absolute Gasteiger partial charge is 0.478 e. The van der Waals surface area contributed by atoms with Crippen molar-refractivity contribution in [2.75, 3.05) is 41.9 Å². The SMILES string of the molecule is CN1CCN(c2ccc(CC(NC(=O)/C=C/c3c(N(C=N)N=N)ccc(Cl)c3F)C(=O)Nc3ccc(C(=O)O)cc3)cc2)C(=O)C1. The molecule has 1 saturated heterocycles. The first-order valence-corrected chi connectivity index (χ1v) is 14.2. The van der Waals surface area contributed by atoms with Gasteiger partial charge in [-0.05, 0) is 67.2 Å². The van der Waals surface area contributed by atoms with Gasteiger partial charge in [-0.15, -0.1) is 0 Å². The second-order valence-corrected chi connectivity index (χ2v) is 10.7. The highest BCUT2D eigenvalue weighted by Gasteiger charge is 2.24. The monoisotopic (exact) mass is 648 g/mol. The molecule has 3 aromatic rings. The molecule has 1 aliphatic rings. The molecule has 5 N–H and O–H groups in total. The van der Waals surface area contributed by atoms with Gasteiger partial charge in [0.2, 0.25) is 17.7 Å². The average Bonchev–Trinajstić information content (AvgIpc) is 3.03. The molecule has 1 unspecified atom stereocenters. The maximum atomic E-state index is 14.9. The number of piperazine rings is 1. The van der Waals surface area contributed by atoms with Crippen molar-refractivity contribution < 1.29 is 28.7 Å². The van der Waals surface area contributed by atoms with E-state index in [9.17, 15) is 23.6 Å². The van der Waals surface area contributed by atoms with Crippen LogP contribution in [0.3, 0.4) is 0 Å². The van der Waals surface area contributed by atoms with Crippen molar-refractivity contribution >= 4 is 64.8 Å².